The lowest BCUT2D eigenvalue weighted by molar-refractivity contribution is -0.154. The van der Waals surface area contributed by atoms with Crippen molar-refractivity contribution in [2.24, 2.45) is 5.92 Å². The Balaban J connectivity index is 2.70. The Hall–Kier alpha value is -3.03. The summed E-state index contributed by atoms with van der Waals surface area (Å²) in [5, 5.41) is 18.4. The molecule has 0 radical (unpaired) electrons. The third kappa shape index (κ3) is 3.25. The highest BCUT2D eigenvalue weighted by Crippen LogP contribution is 2.33. The van der Waals surface area contributed by atoms with Crippen molar-refractivity contribution in [2.75, 3.05) is 14.2 Å². The quantitative estimate of drug-likeness (QED) is 0.599. The molecule has 2 aromatic rings. The number of fused-ring (bicyclic) bond motifs is 1. The van der Waals surface area contributed by atoms with Gasteiger partial charge in [0.1, 0.15) is 17.1 Å². The van der Waals surface area contributed by atoms with E-state index in [1.54, 1.807) is 0 Å². The van der Waals surface area contributed by atoms with Crippen molar-refractivity contribution in [1.29, 1.82) is 0 Å². The average molecular weight is 322 g/mol. The first kappa shape index (κ1) is 16.3. The van der Waals surface area contributed by atoms with E-state index >= 15 is 0 Å². The molecule has 0 aliphatic rings. The molecule has 0 saturated heterocycles. The van der Waals surface area contributed by atoms with Gasteiger partial charge in [0.15, 0.2) is 5.92 Å². The number of methoxy groups -OCH3 is 2. The smallest absolute Gasteiger partial charge is 0.336 e. The number of hydrogen-bond acceptors (Lipinski definition) is 6. The van der Waals surface area contributed by atoms with Crippen molar-refractivity contribution in [3.63, 3.8) is 0 Å². The summed E-state index contributed by atoms with van der Waals surface area (Å²) in [6, 6.07) is 4.04. The van der Waals surface area contributed by atoms with E-state index in [0.717, 1.165) is 6.07 Å². The van der Waals surface area contributed by atoms with Gasteiger partial charge in [-0.3, -0.25) is 9.59 Å². The molecular formula is C15H14O8. The fourth-order valence-corrected chi connectivity index (χ4v) is 2.26. The fourth-order valence-electron chi connectivity index (χ4n) is 2.26. The summed E-state index contributed by atoms with van der Waals surface area (Å²) in [6.07, 6.45) is -0.380. The van der Waals surface area contributed by atoms with Crippen molar-refractivity contribution in [1.82, 2.24) is 0 Å². The Bertz CT molecular complexity index is 806. The zero-order chi connectivity index (χ0) is 17.1. The highest BCUT2D eigenvalue weighted by molar-refractivity contribution is 5.95. The minimum absolute atomic E-state index is 0.123. The van der Waals surface area contributed by atoms with Crippen LogP contribution >= 0.6 is 0 Å². The van der Waals surface area contributed by atoms with Crippen LogP contribution in [0.15, 0.2) is 27.4 Å². The summed E-state index contributed by atoms with van der Waals surface area (Å²) < 4.78 is 15.4. The van der Waals surface area contributed by atoms with Gasteiger partial charge >= 0.3 is 17.6 Å². The van der Waals surface area contributed by atoms with E-state index in [-0.39, 0.29) is 23.3 Å². The Labute approximate surface area is 129 Å². The summed E-state index contributed by atoms with van der Waals surface area (Å²) in [5.41, 5.74) is -0.388. The minimum Gasteiger partial charge on any atom is -0.496 e. The second kappa shape index (κ2) is 6.39. The number of carboxylic acid groups (broad SMARTS) is 2. The van der Waals surface area contributed by atoms with Gasteiger partial charge in [0.05, 0.1) is 19.6 Å². The Kier molecular flexibility index (Phi) is 4.54. The lowest BCUT2D eigenvalue weighted by Crippen LogP contribution is -2.26. The third-order valence-corrected chi connectivity index (χ3v) is 3.34. The van der Waals surface area contributed by atoms with E-state index in [0.29, 0.717) is 11.1 Å². The van der Waals surface area contributed by atoms with Gasteiger partial charge < -0.3 is 24.1 Å². The van der Waals surface area contributed by atoms with Crippen LogP contribution in [0.3, 0.4) is 0 Å². The molecule has 8 heteroatoms. The van der Waals surface area contributed by atoms with Crippen LogP contribution in [0.4, 0.5) is 0 Å². The van der Waals surface area contributed by atoms with Gasteiger partial charge in [-0.05, 0) is 12.0 Å². The maximum absolute atomic E-state index is 11.7. The predicted octanol–water partition coefficient (Wildman–Crippen LogP) is 1.14. The molecule has 0 aliphatic carbocycles. The van der Waals surface area contributed by atoms with Crippen molar-refractivity contribution in [2.45, 2.75) is 6.42 Å². The number of hydrogen-bond donors (Lipinski definition) is 2. The maximum Gasteiger partial charge on any atom is 0.336 e. The number of carbonyl (C=O) groups is 2. The molecule has 2 rings (SSSR count). The summed E-state index contributed by atoms with van der Waals surface area (Å²) in [5.74, 6) is -4.01. The molecule has 8 nitrogen and oxygen atoms in total. The molecular weight excluding hydrogens is 308 g/mol. The van der Waals surface area contributed by atoms with E-state index in [9.17, 15) is 14.4 Å². The van der Waals surface area contributed by atoms with Gasteiger partial charge in [-0.25, -0.2) is 4.79 Å². The van der Waals surface area contributed by atoms with Gasteiger partial charge in [0, 0.05) is 18.2 Å². The first-order chi connectivity index (χ1) is 10.9. The Morgan fingerprint density at radius 1 is 1.13 bits per heavy atom. The molecule has 23 heavy (non-hydrogen) atoms. The van der Waals surface area contributed by atoms with Gasteiger partial charge in [0.25, 0.3) is 0 Å². The summed E-state index contributed by atoms with van der Waals surface area (Å²) in [6.45, 7) is 0. The van der Waals surface area contributed by atoms with Crippen LogP contribution in [-0.4, -0.2) is 36.4 Å². The lowest BCUT2D eigenvalue weighted by Gasteiger charge is -2.13. The normalized spacial score (nSPS) is 10.7. The van der Waals surface area contributed by atoms with E-state index in [1.165, 1.54) is 26.4 Å². The molecule has 122 valence electrons. The summed E-state index contributed by atoms with van der Waals surface area (Å²) in [7, 11) is 2.81. The second-order valence-electron chi connectivity index (χ2n) is 4.73. The molecule has 1 heterocycles. The average Bonchev–Trinajstić information content (AvgIpc) is 2.49. The number of rotatable bonds is 6. The standard InChI is InChI=1S/C15H14O8/c1-21-8-5-10(22-2)13-7(3-9(14(17)18)15(19)20)4-12(16)23-11(13)6-8/h4-6,9H,3H2,1-2H3,(H,17,18)(H,19,20). The van der Waals surface area contributed by atoms with Crippen LogP contribution in [0.2, 0.25) is 0 Å². The second-order valence-corrected chi connectivity index (χ2v) is 4.73. The van der Waals surface area contributed by atoms with Gasteiger partial charge in [-0.2, -0.15) is 0 Å². The first-order valence-electron chi connectivity index (χ1n) is 6.51. The van der Waals surface area contributed by atoms with Gasteiger partial charge in [0.2, 0.25) is 0 Å². The SMILES string of the molecule is COc1cc(OC)c2c(CC(C(=O)O)C(=O)O)cc(=O)oc2c1. The first-order valence-corrected chi connectivity index (χ1v) is 6.51. The molecule has 2 N–H and O–H groups in total. The summed E-state index contributed by atoms with van der Waals surface area (Å²) in [4.78, 5) is 33.9. The van der Waals surface area contributed by atoms with Crippen molar-refractivity contribution in [3.05, 3.63) is 34.2 Å². The molecule has 1 aromatic heterocycles. The van der Waals surface area contributed by atoms with Crippen LogP contribution < -0.4 is 15.1 Å². The zero-order valence-corrected chi connectivity index (χ0v) is 12.4. The Morgan fingerprint density at radius 2 is 1.78 bits per heavy atom. The van der Waals surface area contributed by atoms with Crippen molar-refractivity contribution >= 4 is 22.9 Å². The number of aliphatic carboxylic acids is 2. The molecule has 0 fully saturated rings. The zero-order valence-electron chi connectivity index (χ0n) is 12.4. The van der Waals surface area contributed by atoms with E-state index in [1.807, 2.05) is 0 Å². The van der Waals surface area contributed by atoms with E-state index in [2.05, 4.69) is 0 Å². The highest BCUT2D eigenvalue weighted by Gasteiger charge is 2.28. The van der Waals surface area contributed by atoms with Crippen LogP contribution in [0.5, 0.6) is 11.5 Å². The van der Waals surface area contributed by atoms with E-state index < -0.39 is 23.5 Å². The molecule has 0 amide bonds. The Morgan fingerprint density at radius 3 is 2.30 bits per heavy atom. The molecule has 0 atom stereocenters. The van der Waals surface area contributed by atoms with Crippen molar-refractivity contribution in [3.8, 4) is 11.5 Å². The maximum atomic E-state index is 11.7. The largest absolute Gasteiger partial charge is 0.496 e. The molecule has 0 spiro atoms. The van der Waals surface area contributed by atoms with Gasteiger partial charge in [-0.1, -0.05) is 0 Å². The number of ether oxygens (including phenoxy) is 2. The van der Waals surface area contributed by atoms with Crippen LogP contribution in [-0.2, 0) is 16.0 Å². The highest BCUT2D eigenvalue weighted by atomic mass is 16.5. The topological polar surface area (TPSA) is 123 Å². The molecule has 0 bridgehead atoms. The molecule has 1 aromatic carbocycles. The monoisotopic (exact) mass is 322 g/mol. The fraction of sp³-hybridized carbons (Fsp3) is 0.267. The van der Waals surface area contributed by atoms with E-state index in [4.69, 9.17) is 24.1 Å². The number of carboxylic acids is 2. The van der Waals surface area contributed by atoms with Crippen LogP contribution in [0, 0.1) is 5.92 Å². The predicted molar refractivity (Wildman–Crippen MR) is 78.1 cm³/mol. The van der Waals surface area contributed by atoms with Gasteiger partial charge in [-0.15, -0.1) is 0 Å². The van der Waals surface area contributed by atoms with Crippen LogP contribution in [0.25, 0.3) is 11.0 Å². The molecule has 0 aliphatic heterocycles. The summed E-state index contributed by atoms with van der Waals surface area (Å²) >= 11 is 0. The number of benzene rings is 1. The van der Waals surface area contributed by atoms with Crippen molar-refractivity contribution < 1.29 is 33.7 Å². The molecule has 0 unspecified atom stereocenters. The third-order valence-electron chi connectivity index (χ3n) is 3.34. The lowest BCUT2D eigenvalue weighted by atomic mass is 9.96. The minimum atomic E-state index is -1.69. The van der Waals surface area contributed by atoms with Crippen LogP contribution in [0.1, 0.15) is 5.56 Å². The molecule has 0 saturated carbocycles.